The van der Waals surface area contributed by atoms with E-state index in [2.05, 4.69) is 10.0 Å². The molecule has 8 heteroatoms. The Balaban J connectivity index is 3.01. The van der Waals surface area contributed by atoms with E-state index in [4.69, 9.17) is 22.2 Å². The Labute approximate surface area is 107 Å². The number of hydrogen-bond donors (Lipinski definition) is 3. The largest absolute Gasteiger partial charge is 0.478 e. The molecule has 1 aromatic carbocycles. The lowest BCUT2D eigenvalue weighted by Gasteiger charge is -2.16. The molecule has 0 bridgehead atoms. The van der Waals surface area contributed by atoms with Crippen LogP contribution in [-0.2, 0) is 0 Å². The summed E-state index contributed by atoms with van der Waals surface area (Å²) in [6, 6.07) is 3.75. The maximum Gasteiger partial charge on any atom is 0.335 e. The number of aromatic carboxylic acids is 1. The Morgan fingerprint density at radius 3 is 2.67 bits per heavy atom. The maximum atomic E-state index is 10.8. The van der Waals surface area contributed by atoms with E-state index >= 15 is 0 Å². The average Bonchev–Trinajstić information content (AvgIpc) is 2.34. The van der Waals surface area contributed by atoms with Crippen LogP contribution in [0.25, 0.3) is 10.4 Å². The van der Waals surface area contributed by atoms with Gasteiger partial charge in [-0.2, -0.15) is 0 Å². The molecule has 0 spiro atoms. The second-order valence-electron chi connectivity index (χ2n) is 3.50. The van der Waals surface area contributed by atoms with Gasteiger partial charge in [0.15, 0.2) is 0 Å². The number of nitrogens with zero attached hydrogens (tertiary/aromatic N) is 3. The molecule has 0 aliphatic carbocycles. The Morgan fingerprint density at radius 2 is 2.11 bits per heavy atom. The third-order valence-corrected chi connectivity index (χ3v) is 2.42. The van der Waals surface area contributed by atoms with E-state index in [0.717, 1.165) is 0 Å². The fourth-order valence-corrected chi connectivity index (χ4v) is 1.59. The summed E-state index contributed by atoms with van der Waals surface area (Å²) < 4.78 is 0. The van der Waals surface area contributed by atoms with Crippen molar-refractivity contribution in [3.63, 3.8) is 0 Å². The Kier molecular flexibility index (Phi) is 4.94. The van der Waals surface area contributed by atoms with Crippen LogP contribution in [-0.4, -0.2) is 33.9 Å². The smallest absolute Gasteiger partial charge is 0.335 e. The lowest BCUT2D eigenvalue weighted by molar-refractivity contribution is 0.0243. The number of aliphatic hydroxyl groups excluding tert-OH is 2. The number of hydrogen-bond acceptors (Lipinski definition) is 4. The number of benzene rings is 1. The van der Waals surface area contributed by atoms with Crippen LogP contribution in [0.1, 0.15) is 22.0 Å². The second kappa shape index (κ2) is 6.23. The molecule has 96 valence electrons. The SMILES string of the molecule is [N-]=[N+]=NCC(O)C(O)c1cc(Cl)cc(C(=O)O)c1. The fourth-order valence-electron chi connectivity index (χ4n) is 1.35. The van der Waals surface area contributed by atoms with Crippen LogP contribution in [0.2, 0.25) is 5.02 Å². The van der Waals surface area contributed by atoms with Crippen molar-refractivity contribution < 1.29 is 20.1 Å². The van der Waals surface area contributed by atoms with Gasteiger partial charge < -0.3 is 15.3 Å². The molecule has 2 atom stereocenters. The molecule has 2 unspecified atom stereocenters. The Hall–Kier alpha value is -1.79. The minimum absolute atomic E-state index is 0.104. The van der Waals surface area contributed by atoms with Gasteiger partial charge in [0.05, 0.1) is 18.2 Å². The van der Waals surface area contributed by atoms with Crippen molar-refractivity contribution in [2.24, 2.45) is 5.11 Å². The molecule has 1 aromatic rings. The zero-order chi connectivity index (χ0) is 13.7. The standard InChI is InChI=1S/C10H10ClN3O4/c11-7-2-5(1-6(3-7)10(17)18)9(16)8(15)4-13-14-12/h1-3,8-9,15-16H,4H2,(H,17,18). The Morgan fingerprint density at radius 1 is 1.44 bits per heavy atom. The number of carboxylic acids is 1. The summed E-state index contributed by atoms with van der Waals surface area (Å²) in [4.78, 5) is 13.2. The van der Waals surface area contributed by atoms with Crippen LogP contribution in [0.3, 0.4) is 0 Å². The van der Waals surface area contributed by atoms with Crippen LogP contribution in [0.15, 0.2) is 23.3 Å². The number of carbonyl (C=O) groups is 1. The van der Waals surface area contributed by atoms with Crippen LogP contribution in [0.4, 0.5) is 0 Å². The number of azide groups is 1. The van der Waals surface area contributed by atoms with E-state index in [-0.39, 0.29) is 22.7 Å². The van der Waals surface area contributed by atoms with Crippen LogP contribution in [0.5, 0.6) is 0 Å². The summed E-state index contributed by atoms with van der Waals surface area (Å²) in [5.74, 6) is -1.20. The van der Waals surface area contributed by atoms with Crippen LogP contribution < -0.4 is 0 Å². The molecular weight excluding hydrogens is 262 g/mol. The molecule has 0 saturated carbocycles. The highest BCUT2D eigenvalue weighted by molar-refractivity contribution is 6.31. The van der Waals surface area contributed by atoms with Crippen molar-refractivity contribution in [2.75, 3.05) is 6.54 Å². The monoisotopic (exact) mass is 271 g/mol. The Bertz CT molecular complexity index is 502. The quantitative estimate of drug-likeness (QED) is 0.428. The van der Waals surface area contributed by atoms with E-state index in [1.807, 2.05) is 0 Å². The molecule has 0 amide bonds. The molecule has 3 N–H and O–H groups in total. The van der Waals surface area contributed by atoms with Gasteiger partial charge in [0.25, 0.3) is 0 Å². The summed E-state index contributed by atoms with van der Waals surface area (Å²) in [5, 5.41) is 31.3. The van der Waals surface area contributed by atoms with Crippen molar-refractivity contribution in [1.29, 1.82) is 0 Å². The lowest BCUT2D eigenvalue weighted by Crippen LogP contribution is -2.21. The third kappa shape index (κ3) is 3.61. The summed E-state index contributed by atoms with van der Waals surface area (Å²) in [7, 11) is 0. The van der Waals surface area contributed by atoms with Crippen molar-refractivity contribution in [1.82, 2.24) is 0 Å². The lowest BCUT2D eigenvalue weighted by atomic mass is 10.0. The molecule has 0 heterocycles. The van der Waals surface area contributed by atoms with E-state index in [0.29, 0.717) is 0 Å². The zero-order valence-corrected chi connectivity index (χ0v) is 9.82. The summed E-state index contributed by atoms with van der Waals surface area (Å²) in [5.41, 5.74) is 8.13. The first kappa shape index (κ1) is 14.3. The van der Waals surface area contributed by atoms with Crippen molar-refractivity contribution >= 4 is 17.6 Å². The molecule has 1 rings (SSSR count). The van der Waals surface area contributed by atoms with Gasteiger partial charge in [0.1, 0.15) is 6.10 Å². The molecule has 18 heavy (non-hydrogen) atoms. The number of aliphatic hydroxyl groups is 2. The molecule has 0 fully saturated rings. The van der Waals surface area contributed by atoms with Crippen molar-refractivity contribution in [3.05, 3.63) is 44.8 Å². The maximum absolute atomic E-state index is 10.8. The first-order valence-electron chi connectivity index (χ1n) is 4.86. The minimum Gasteiger partial charge on any atom is -0.478 e. The summed E-state index contributed by atoms with van der Waals surface area (Å²) in [6.07, 6.45) is -2.71. The van der Waals surface area contributed by atoms with Crippen molar-refractivity contribution in [3.8, 4) is 0 Å². The highest BCUT2D eigenvalue weighted by Gasteiger charge is 2.19. The average molecular weight is 272 g/mol. The number of carboxylic acid groups (broad SMARTS) is 1. The normalized spacial score (nSPS) is 13.5. The van der Waals surface area contributed by atoms with Gasteiger partial charge >= 0.3 is 5.97 Å². The molecule has 0 saturated heterocycles. The van der Waals surface area contributed by atoms with Gasteiger partial charge in [-0.15, -0.1) is 0 Å². The van der Waals surface area contributed by atoms with Gasteiger partial charge in [0.2, 0.25) is 0 Å². The van der Waals surface area contributed by atoms with Gasteiger partial charge in [-0.3, -0.25) is 0 Å². The van der Waals surface area contributed by atoms with E-state index in [1.54, 1.807) is 0 Å². The predicted molar refractivity (Wildman–Crippen MR) is 63.4 cm³/mol. The zero-order valence-electron chi connectivity index (χ0n) is 9.06. The second-order valence-corrected chi connectivity index (χ2v) is 3.94. The third-order valence-electron chi connectivity index (χ3n) is 2.21. The van der Waals surface area contributed by atoms with E-state index in [1.165, 1.54) is 18.2 Å². The van der Waals surface area contributed by atoms with Crippen molar-refractivity contribution in [2.45, 2.75) is 12.2 Å². The van der Waals surface area contributed by atoms with Gasteiger partial charge in [-0.05, 0) is 29.3 Å². The highest BCUT2D eigenvalue weighted by atomic mass is 35.5. The molecule has 7 nitrogen and oxygen atoms in total. The molecular formula is C10H10ClN3O4. The first-order chi connectivity index (χ1) is 8.45. The topological polar surface area (TPSA) is 127 Å². The van der Waals surface area contributed by atoms with Gasteiger partial charge in [0, 0.05) is 9.93 Å². The predicted octanol–water partition coefficient (Wildman–Crippen LogP) is 1.74. The van der Waals surface area contributed by atoms with Crippen LogP contribution in [0, 0.1) is 0 Å². The minimum atomic E-state index is -1.38. The summed E-state index contributed by atoms with van der Waals surface area (Å²) >= 11 is 5.71. The van der Waals surface area contributed by atoms with Gasteiger partial charge in [-0.1, -0.05) is 16.7 Å². The molecule has 0 aromatic heterocycles. The molecule has 0 aliphatic rings. The first-order valence-corrected chi connectivity index (χ1v) is 5.24. The molecule has 0 radical (unpaired) electrons. The fraction of sp³-hybridized carbons (Fsp3) is 0.300. The summed E-state index contributed by atoms with van der Waals surface area (Å²) in [6.45, 7) is -0.327. The van der Waals surface area contributed by atoms with E-state index in [9.17, 15) is 15.0 Å². The van der Waals surface area contributed by atoms with Crippen LogP contribution >= 0.6 is 11.6 Å². The number of halogens is 1. The highest BCUT2D eigenvalue weighted by Crippen LogP contribution is 2.23. The molecule has 0 aliphatic heterocycles. The van der Waals surface area contributed by atoms with Gasteiger partial charge in [-0.25, -0.2) is 4.79 Å². The van der Waals surface area contributed by atoms with E-state index < -0.39 is 18.2 Å². The number of rotatable bonds is 5.